The van der Waals surface area contributed by atoms with Crippen molar-refractivity contribution >= 4 is 11.6 Å². The van der Waals surface area contributed by atoms with Crippen molar-refractivity contribution in [1.82, 2.24) is 24.6 Å². The first-order valence-electron chi connectivity index (χ1n) is 6.87. The van der Waals surface area contributed by atoms with E-state index >= 15 is 0 Å². The highest BCUT2D eigenvalue weighted by atomic mass is 16.3. The van der Waals surface area contributed by atoms with Crippen LogP contribution in [-0.2, 0) is 6.61 Å². The number of anilines is 1. The van der Waals surface area contributed by atoms with Gasteiger partial charge in [0.05, 0.1) is 18.6 Å². The average molecular weight is 308 g/mol. The van der Waals surface area contributed by atoms with Gasteiger partial charge in [-0.25, -0.2) is 9.97 Å². The second-order valence-corrected chi connectivity index (χ2v) is 4.92. The van der Waals surface area contributed by atoms with Gasteiger partial charge in [0, 0.05) is 24.0 Å². The summed E-state index contributed by atoms with van der Waals surface area (Å²) >= 11 is 0. The van der Waals surface area contributed by atoms with E-state index in [4.69, 9.17) is 10.2 Å². The molecule has 0 amide bonds. The first kappa shape index (κ1) is 13.4. The molecule has 3 N–H and O–H groups in total. The maximum absolute atomic E-state index is 9.22. The Morgan fingerprint density at radius 1 is 1.22 bits per heavy atom. The number of nitrogens with zero attached hydrogens (tertiary/aromatic N) is 5. The average Bonchev–Trinajstić information content (AvgIpc) is 3.24. The minimum Gasteiger partial charge on any atom is -0.461 e. The highest BCUT2D eigenvalue weighted by Crippen LogP contribution is 2.23. The summed E-state index contributed by atoms with van der Waals surface area (Å²) in [5.41, 5.74) is 8.58. The summed E-state index contributed by atoms with van der Waals surface area (Å²) in [5.74, 6) is 1.19. The molecule has 0 radical (unpaired) electrons. The summed E-state index contributed by atoms with van der Waals surface area (Å²) in [4.78, 5) is 12.8. The first-order valence-corrected chi connectivity index (χ1v) is 6.87. The fourth-order valence-electron chi connectivity index (χ4n) is 2.28. The molecule has 0 spiro atoms. The van der Waals surface area contributed by atoms with Crippen LogP contribution in [-0.4, -0.2) is 29.7 Å². The van der Waals surface area contributed by atoms with E-state index in [1.54, 1.807) is 42.9 Å². The molecule has 8 nitrogen and oxygen atoms in total. The van der Waals surface area contributed by atoms with E-state index < -0.39 is 0 Å². The summed E-state index contributed by atoms with van der Waals surface area (Å²) in [7, 11) is 0. The molecule has 23 heavy (non-hydrogen) atoms. The summed E-state index contributed by atoms with van der Waals surface area (Å²) in [6.07, 6.45) is 4.80. The Bertz CT molecular complexity index is 977. The van der Waals surface area contributed by atoms with Gasteiger partial charge in [0.2, 0.25) is 11.8 Å². The molecular formula is C15H12N6O2. The van der Waals surface area contributed by atoms with Crippen LogP contribution in [0.4, 0.5) is 5.95 Å². The molecule has 4 rings (SSSR count). The molecule has 0 unspecified atom stereocenters. The Morgan fingerprint density at radius 3 is 2.91 bits per heavy atom. The third kappa shape index (κ3) is 2.30. The maximum atomic E-state index is 9.22. The zero-order chi connectivity index (χ0) is 15.8. The van der Waals surface area contributed by atoms with Crippen molar-refractivity contribution in [2.75, 3.05) is 5.73 Å². The van der Waals surface area contributed by atoms with Crippen molar-refractivity contribution in [1.29, 1.82) is 0 Å². The summed E-state index contributed by atoms with van der Waals surface area (Å²) in [5, 5.41) is 13.5. The van der Waals surface area contributed by atoms with Crippen LogP contribution in [0.5, 0.6) is 0 Å². The number of fused-ring (bicyclic) bond motifs is 1. The monoisotopic (exact) mass is 308 g/mol. The molecule has 0 aliphatic heterocycles. The third-order valence-electron chi connectivity index (χ3n) is 3.36. The molecule has 8 heteroatoms. The molecule has 4 aromatic rings. The fourth-order valence-corrected chi connectivity index (χ4v) is 2.28. The molecule has 0 aliphatic carbocycles. The fraction of sp³-hybridized carbons (Fsp3) is 0.0667. The van der Waals surface area contributed by atoms with E-state index in [1.807, 2.05) is 0 Å². The predicted octanol–water partition coefficient (Wildman–Crippen LogP) is 1.52. The van der Waals surface area contributed by atoms with Crippen molar-refractivity contribution < 1.29 is 9.52 Å². The van der Waals surface area contributed by atoms with Crippen LogP contribution < -0.4 is 5.73 Å². The molecule has 114 valence electrons. The van der Waals surface area contributed by atoms with Crippen LogP contribution in [0.3, 0.4) is 0 Å². The number of nitrogen functional groups attached to an aromatic ring is 1. The number of pyridine rings is 1. The van der Waals surface area contributed by atoms with E-state index in [1.165, 1.54) is 4.52 Å². The lowest BCUT2D eigenvalue weighted by atomic mass is 10.1. The van der Waals surface area contributed by atoms with Crippen molar-refractivity contribution in [2.45, 2.75) is 6.61 Å². The normalized spacial score (nSPS) is 11.2. The van der Waals surface area contributed by atoms with Gasteiger partial charge in [-0.1, -0.05) is 0 Å². The standard InChI is InChI=1S/C15H12N6O2/c16-15-18-11(10-4-9(8-22)6-17-7-10)5-13-19-14(20-21(13)15)12-2-1-3-23-12/h1-7,22H,8H2,(H2,16,18). The van der Waals surface area contributed by atoms with E-state index in [9.17, 15) is 5.11 Å². The van der Waals surface area contributed by atoms with Crippen LogP contribution >= 0.6 is 0 Å². The number of hydrogen-bond donors (Lipinski definition) is 2. The van der Waals surface area contributed by atoms with Gasteiger partial charge in [-0.05, 0) is 23.8 Å². The van der Waals surface area contributed by atoms with Gasteiger partial charge in [0.1, 0.15) is 0 Å². The second kappa shape index (κ2) is 5.18. The van der Waals surface area contributed by atoms with Crippen molar-refractivity contribution in [3.63, 3.8) is 0 Å². The minimum atomic E-state index is -0.0911. The van der Waals surface area contributed by atoms with Crippen molar-refractivity contribution in [3.8, 4) is 22.8 Å². The lowest BCUT2D eigenvalue weighted by Gasteiger charge is -2.04. The molecule has 0 saturated heterocycles. The molecular weight excluding hydrogens is 296 g/mol. The van der Waals surface area contributed by atoms with Crippen LogP contribution in [0.25, 0.3) is 28.5 Å². The smallest absolute Gasteiger partial charge is 0.223 e. The molecule has 4 aromatic heterocycles. The maximum Gasteiger partial charge on any atom is 0.223 e. The number of aliphatic hydroxyl groups is 1. The third-order valence-corrected chi connectivity index (χ3v) is 3.36. The van der Waals surface area contributed by atoms with Crippen LogP contribution in [0, 0.1) is 0 Å². The van der Waals surface area contributed by atoms with Crippen molar-refractivity contribution in [2.24, 2.45) is 0 Å². The van der Waals surface area contributed by atoms with Gasteiger partial charge >= 0.3 is 0 Å². The predicted molar refractivity (Wildman–Crippen MR) is 82.1 cm³/mol. The Labute approximate surface area is 130 Å². The Kier molecular flexibility index (Phi) is 3.02. The number of hydrogen-bond acceptors (Lipinski definition) is 7. The molecule has 0 aromatic carbocycles. The van der Waals surface area contributed by atoms with E-state index in [0.29, 0.717) is 28.5 Å². The van der Waals surface area contributed by atoms with Crippen LogP contribution in [0.15, 0.2) is 47.3 Å². The largest absolute Gasteiger partial charge is 0.461 e. The summed E-state index contributed by atoms with van der Waals surface area (Å²) in [6, 6.07) is 7.09. The van der Waals surface area contributed by atoms with Gasteiger partial charge in [-0.15, -0.1) is 5.10 Å². The number of rotatable bonds is 3. The zero-order valence-electron chi connectivity index (χ0n) is 11.9. The van der Waals surface area contributed by atoms with Gasteiger partial charge in [-0.2, -0.15) is 4.52 Å². The highest BCUT2D eigenvalue weighted by Gasteiger charge is 2.13. The lowest BCUT2D eigenvalue weighted by Crippen LogP contribution is -2.03. The molecule has 0 fully saturated rings. The number of nitrogens with two attached hydrogens (primary N) is 1. The summed E-state index contributed by atoms with van der Waals surface area (Å²) in [6.45, 7) is -0.0911. The van der Waals surface area contributed by atoms with Crippen molar-refractivity contribution in [3.05, 3.63) is 48.5 Å². The SMILES string of the molecule is Nc1nc(-c2cncc(CO)c2)cc2nc(-c3ccco3)nn12. The Hall–Kier alpha value is -3.26. The summed E-state index contributed by atoms with van der Waals surface area (Å²) < 4.78 is 6.75. The number of aromatic nitrogens is 5. The van der Waals surface area contributed by atoms with Gasteiger partial charge in [0.15, 0.2) is 11.4 Å². The second-order valence-electron chi connectivity index (χ2n) is 4.92. The van der Waals surface area contributed by atoms with Crippen LogP contribution in [0.1, 0.15) is 5.56 Å². The van der Waals surface area contributed by atoms with Gasteiger partial charge in [-0.3, -0.25) is 4.98 Å². The quantitative estimate of drug-likeness (QED) is 0.589. The zero-order valence-corrected chi connectivity index (χ0v) is 11.9. The van der Waals surface area contributed by atoms with Crippen LogP contribution in [0.2, 0.25) is 0 Å². The Balaban J connectivity index is 1.86. The molecule has 0 aliphatic rings. The minimum absolute atomic E-state index is 0.0911. The number of furan rings is 1. The molecule has 0 saturated carbocycles. The molecule has 0 atom stereocenters. The lowest BCUT2D eigenvalue weighted by molar-refractivity contribution is 0.281. The van der Waals surface area contributed by atoms with E-state index in [2.05, 4.69) is 20.1 Å². The number of aliphatic hydroxyl groups excluding tert-OH is 1. The first-order chi connectivity index (χ1) is 11.2. The van der Waals surface area contributed by atoms with E-state index in [0.717, 1.165) is 5.56 Å². The van der Waals surface area contributed by atoms with Gasteiger partial charge < -0.3 is 15.3 Å². The molecule has 0 bridgehead atoms. The topological polar surface area (TPSA) is 115 Å². The van der Waals surface area contributed by atoms with Gasteiger partial charge in [0.25, 0.3) is 0 Å². The molecule has 4 heterocycles. The van der Waals surface area contributed by atoms with E-state index in [-0.39, 0.29) is 12.6 Å². The Morgan fingerprint density at radius 2 is 2.13 bits per heavy atom. The highest BCUT2D eigenvalue weighted by molar-refractivity contribution is 5.66.